The van der Waals surface area contributed by atoms with Crippen molar-refractivity contribution in [3.63, 3.8) is 0 Å². The van der Waals surface area contributed by atoms with Gasteiger partial charge in [0.15, 0.2) is 0 Å². The Bertz CT molecular complexity index is 1150. The van der Waals surface area contributed by atoms with E-state index in [1.165, 1.54) is 14.2 Å². The summed E-state index contributed by atoms with van der Waals surface area (Å²) in [5.74, 6) is 1.38. The molecule has 0 atom stereocenters. The van der Waals surface area contributed by atoms with Crippen LogP contribution < -0.4 is 24.2 Å². The van der Waals surface area contributed by atoms with Crippen molar-refractivity contribution in [2.45, 2.75) is 5.75 Å². The molecule has 0 heterocycles. The molecule has 3 aromatic rings. The highest BCUT2D eigenvalue weighted by molar-refractivity contribution is 7.88. The molecule has 0 saturated carbocycles. The summed E-state index contributed by atoms with van der Waals surface area (Å²) in [6.45, 7) is -0.406. The lowest BCUT2D eigenvalue weighted by Gasteiger charge is -2.12. The van der Waals surface area contributed by atoms with Gasteiger partial charge in [-0.2, -0.15) is 0 Å². The van der Waals surface area contributed by atoms with Gasteiger partial charge in [0.05, 0.1) is 26.5 Å². The first-order valence-electron chi connectivity index (χ1n) is 9.69. The Hall–Kier alpha value is -3.56. The average Bonchev–Trinajstić information content (AvgIpc) is 2.79. The number of methoxy groups -OCH3 is 2. The van der Waals surface area contributed by atoms with Crippen LogP contribution in [0.1, 0.15) is 5.56 Å². The second-order valence-corrected chi connectivity index (χ2v) is 8.55. The Morgan fingerprint density at radius 3 is 2.16 bits per heavy atom. The number of carbonyl (C=O) groups excluding carboxylic acids is 1. The van der Waals surface area contributed by atoms with Crippen LogP contribution in [0.25, 0.3) is 0 Å². The molecule has 1 amide bonds. The maximum Gasteiger partial charge on any atom is 0.239 e. The van der Waals surface area contributed by atoms with Gasteiger partial charge in [-0.05, 0) is 54.6 Å². The minimum Gasteiger partial charge on any atom is -0.497 e. The smallest absolute Gasteiger partial charge is 0.239 e. The monoisotopic (exact) mass is 456 g/mol. The quantitative estimate of drug-likeness (QED) is 0.484. The molecule has 3 aromatic carbocycles. The zero-order valence-electron chi connectivity index (χ0n) is 17.7. The van der Waals surface area contributed by atoms with Crippen molar-refractivity contribution in [1.29, 1.82) is 0 Å². The fourth-order valence-electron chi connectivity index (χ4n) is 2.86. The maximum atomic E-state index is 12.4. The molecule has 2 N–H and O–H groups in total. The van der Waals surface area contributed by atoms with E-state index in [0.717, 1.165) is 0 Å². The van der Waals surface area contributed by atoms with Crippen molar-refractivity contribution in [2.24, 2.45) is 0 Å². The highest BCUT2D eigenvalue weighted by Crippen LogP contribution is 2.25. The molecule has 0 radical (unpaired) electrons. The lowest BCUT2D eigenvalue weighted by atomic mass is 10.2. The number of ether oxygens (including phenoxy) is 3. The van der Waals surface area contributed by atoms with Gasteiger partial charge in [0, 0.05) is 11.3 Å². The predicted molar refractivity (Wildman–Crippen MR) is 122 cm³/mol. The minimum absolute atomic E-state index is 0.355. The number of carbonyl (C=O) groups is 1. The number of hydrogen-bond acceptors (Lipinski definition) is 6. The standard InChI is InChI=1S/C23H24N2O6S/c1-29-21-12-13-22(30-2)17(14-21)16-32(27,28)24-15-23(26)25-18-8-10-20(11-9-18)31-19-6-4-3-5-7-19/h3-14,24H,15-16H2,1-2H3,(H,25,26). The molecule has 8 nitrogen and oxygen atoms in total. The van der Waals surface area contributed by atoms with Crippen LogP contribution in [0.15, 0.2) is 72.8 Å². The summed E-state index contributed by atoms with van der Waals surface area (Å²) >= 11 is 0. The van der Waals surface area contributed by atoms with Crippen molar-refractivity contribution in [3.05, 3.63) is 78.4 Å². The number of benzene rings is 3. The SMILES string of the molecule is COc1ccc(OC)c(CS(=O)(=O)NCC(=O)Nc2ccc(Oc3ccccc3)cc2)c1. The molecule has 3 rings (SSSR count). The fourth-order valence-corrected chi connectivity index (χ4v) is 3.95. The second kappa shape index (κ2) is 10.7. The largest absolute Gasteiger partial charge is 0.497 e. The summed E-state index contributed by atoms with van der Waals surface area (Å²) in [7, 11) is -0.845. The predicted octanol–water partition coefficient (Wildman–Crippen LogP) is 3.55. The van der Waals surface area contributed by atoms with Crippen molar-refractivity contribution in [2.75, 3.05) is 26.1 Å². The Labute approximate surface area is 187 Å². The zero-order chi connectivity index (χ0) is 23.0. The number of nitrogens with one attached hydrogen (secondary N) is 2. The third-order valence-corrected chi connectivity index (χ3v) is 5.68. The van der Waals surface area contributed by atoms with Gasteiger partial charge in [-0.15, -0.1) is 0 Å². The summed E-state index contributed by atoms with van der Waals surface area (Å²) in [4.78, 5) is 12.2. The topological polar surface area (TPSA) is 103 Å². The first-order valence-corrected chi connectivity index (χ1v) is 11.3. The number of para-hydroxylation sites is 1. The zero-order valence-corrected chi connectivity index (χ0v) is 18.5. The van der Waals surface area contributed by atoms with E-state index in [4.69, 9.17) is 14.2 Å². The number of amides is 1. The van der Waals surface area contributed by atoms with Gasteiger partial charge >= 0.3 is 0 Å². The third kappa shape index (κ3) is 6.73. The van der Waals surface area contributed by atoms with Crippen LogP contribution in [0.5, 0.6) is 23.0 Å². The molecule has 0 aromatic heterocycles. The van der Waals surface area contributed by atoms with Crippen LogP contribution in [0, 0.1) is 0 Å². The number of sulfonamides is 1. The van der Waals surface area contributed by atoms with Gasteiger partial charge in [-0.3, -0.25) is 4.79 Å². The molecule has 0 bridgehead atoms. The van der Waals surface area contributed by atoms with Crippen LogP contribution in [-0.2, 0) is 20.6 Å². The summed E-state index contributed by atoms with van der Waals surface area (Å²) in [5, 5.41) is 2.64. The molecule has 32 heavy (non-hydrogen) atoms. The molecule has 0 saturated heterocycles. The molecule has 0 aliphatic rings. The lowest BCUT2D eigenvalue weighted by molar-refractivity contribution is -0.115. The van der Waals surface area contributed by atoms with Crippen LogP contribution >= 0.6 is 0 Å². The Morgan fingerprint density at radius 1 is 0.844 bits per heavy atom. The summed E-state index contributed by atoms with van der Waals surface area (Å²) < 4.78 is 43.2. The van der Waals surface area contributed by atoms with Crippen molar-refractivity contribution in [3.8, 4) is 23.0 Å². The first kappa shape index (κ1) is 23.1. The molecule has 0 spiro atoms. The molecule has 0 aliphatic carbocycles. The van der Waals surface area contributed by atoms with Gasteiger partial charge in [0.25, 0.3) is 0 Å². The van der Waals surface area contributed by atoms with Gasteiger partial charge < -0.3 is 19.5 Å². The third-order valence-electron chi connectivity index (χ3n) is 4.40. The number of anilines is 1. The molecule has 9 heteroatoms. The lowest BCUT2D eigenvalue weighted by Crippen LogP contribution is -2.33. The van der Waals surface area contributed by atoms with E-state index in [-0.39, 0.29) is 5.75 Å². The Kier molecular flexibility index (Phi) is 7.69. The van der Waals surface area contributed by atoms with E-state index < -0.39 is 22.5 Å². The molecule has 0 fully saturated rings. The van der Waals surface area contributed by atoms with Gasteiger partial charge in [0.1, 0.15) is 23.0 Å². The molecule has 0 unspecified atom stereocenters. The van der Waals surface area contributed by atoms with E-state index in [1.807, 2.05) is 30.3 Å². The van der Waals surface area contributed by atoms with Gasteiger partial charge in [-0.25, -0.2) is 13.1 Å². The first-order chi connectivity index (χ1) is 15.4. The number of hydrogen-bond donors (Lipinski definition) is 2. The molecular formula is C23H24N2O6S. The maximum absolute atomic E-state index is 12.4. The molecular weight excluding hydrogens is 432 g/mol. The van der Waals surface area contributed by atoms with Crippen LogP contribution in [0.2, 0.25) is 0 Å². The van der Waals surface area contributed by atoms with Gasteiger partial charge in [-0.1, -0.05) is 18.2 Å². The van der Waals surface area contributed by atoms with E-state index in [1.54, 1.807) is 42.5 Å². The normalized spacial score (nSPS) is 10.9. The van der Waals surface area contributed by atoms with Gasteiger partial charge in [0.2, 0.25) is 15.9 Å². The van der Waals surface area contributed by atoms with Crippen molar-refractivity contribution >= 4 is 21.6 Å². The van der Waals surface area contributed by atoms with Crippen molar-refractivity contribution in [1.82, 2.24) is 4.72 Å². The molecule has 168 valence electrons. The van der Waals surface area contributed by atoms with Crippen LogP contribution in [-0.4, -0.2) is 35.1 Å². The summed E-state index contributed by atoms with van der Waals surface area (Å²) in [5.41, 5.74) is 0.942. The minimum atomic E-state index is -3.79. The second-order valence-electron chi connectivity index (χ2n) is 6.75. The highest BCUT2D eigenvalue weighted by Gasteiger charge is 2.17. The van der Waals surface area contributed by atoms with E-state index >= 15 is 0 Å². The van der Waals surface area contributed by atoms with Crippen LogP contribution in [0.3, 0.4) is 0 Å². The van der Waals surface area contributed by atoms with E-state index in [2.05, 4.69) is 10.0 Å². The average molecular weight is 457 g/mol. The van der Waals surface area contributed by atoms with E-state index in [9.17, 15) is 13.2 Å². The Morgan fingerprint density at radius 2 is 1.50 bits per heavy atom. The van der Waals surface area contributed by atoms with Crippen molar-refractivity contribution < 1.29 is 27.4 Å². The summed E-state index contributed by atoms with van der Waals surface area (Å²) in [6, 6.07) is 21.0. The van der Waals surface area contributed by atoms with E-state index in [0.29, 0.717) is 34.2 Å². The highest BCUT2D eigenvalue weighted by atomic mass is 32.2. The summed E-state index contributed by atoms with van der Waals surface area (Å²) in [6.07, 6.45) is 0. The Balaban J connectivity index is 1.54. The van der Waals surface area contributed by atoms with Crippen LogP contribution in [0.4, 0.5) is 5.69 Å². The number of rotatable bonds is 10. The fraction of sp³-hybridized carbons (Fsp3) is 0.174. The molecule has 0 aliphatic heterocycles.